The first kappa shape index (κ1) is 9.78. The first-order chi connectivity index (χ1) is 6.81. The van der Waals surface area contributed by atoms with Crippen LogP contribution in [0.4, 0.5) is 0 Å². The number of nitrogens with one attached hydrogen (secondary N) is 1. The van der Waals surface area contributed by atoms with Crippen LogP contribution in [0.2, 0.25) is 0 Å². The molecular weight excluding hydrogens is 174 g/mol. The average molecular weight is 193 g/mol. The average Bonchev–Trinajstić information content (AvgIpc) is 2.88. The van der Waals surface area contributed by atoms with Crippen molar-refractivity contribution in [2.45, 2.75) is 45.2 Å². The second-order valence-electron chi connectivity index (χ2n) is 4.26. The molecule has 0 aliphatic heterocycles. The summed E-state index contributed by atoms with van der Waals surface area (Å²) in [5.41, 5.74) is 0. The van der Waals surface area contributed by atoms with E-state index >= 15 is 0 Å². The van der Waals surface area contributed by atoms with E-state index in [0.29, 0.717) is 12.1 Å². The van der Waals surface area contributed by atoms with Gasteiger partial charge in [0.15, 0.2) is 0 Å². The normalized spacial score (nSPS) is 20.7. The second kappa shape index (κ2) is 4.18. The standard InChI is InChI=1S/C12H19NO/c1-3-11(10-6-7-10)13-9(2)12-5-4-8-14-12/h4-5,8-11,13H,3,6-7H2,1-2H3. The van der Waals surface area contributed by atoms with E-state index in [-0.39, 0.29) is 0 Å². The van der Waals surface area contributed by atoms with E-state index < -0.39 is 0 Å². The van der Waals surface area contributed by atoms with Gasteiger partial charge in [-0.3, -0.25) is 0 Å². The Kier molecular flexibility index (Phi) is 2.92. The molecule has 1 aliphatic rings. The molecule has 1 aromatic rings. The summed E-state index contributed by atoms with van der Waals surface area (Å²) in [4.78, 5) is 0. The van der Waals surface area contributed by atoms with E-state index in [2.05, 4.69) is 19.2 Å². The van der Waals surface area contributed by atoms with Crippen LogP contribution in [0.15, 0.2) is 22.8 Å². The summed E-state index contributed by atoms with van der Waals surface area (Å²) in [5.74, 6) is 1.96. The topological polar surface area (TPSA) is 25.2 Å². The smallest absolute Gasteiger partial charge is 0.120 e. The molecule has 78 valence electrons. The molecule has 2 unspecified atom stereocenters. The Labute approximate surface area is 85.7 Å². The summed E-state index contributed by atoms with van der Waals surface area (Å²) >= 11 is 0. The summed E-state index contributed by atoms with van der Waals surface area (Å²) in [7, 11) is 0. The molecule has 0 amide bonds. The van der Waals surface area contributed by atoms with Crippen molar-refractivity contribution < 1.29 is 4.42 Å². The van der Waals surface area contributed by atoms with Gasteiger partial charge in [0, 0.05) is 6.04 Å². The fourth-order valence-corrected chi connectivity index (χ4v) is 2.03. The van der Waals surface area contributed by atoms with Crippen molar-refractivity contribution in [3.05, 3.63) is 24.2 Å². The summed E-state index contributed by atoms with van der Waals surface area (Å²) in [6.45, 7) is 4.43. The monoisotopic (exact) mass is 193 g/mol. The highest BCUT2D eigenvalue weighted by Crippen LogP contribution is 2.35. The quantitative estimate of drug-likeness (QED) is 0.777. The molecule has 1 N–H and O–H groups in total. The lowest BCUT2D eigenvalue weighted by Gasteiger charge is -2.20. The van der Waals surface area contributed by atoms with Gasteiger partial charge in [0.25, 0.3) is 0 Å². The zero-order valence-corrected chi connectivity index (χ0v) is 8.99. The van der Waals surface area contributed by atoms with E-state index in [9.17, 15) is 0 Å². The van der Waals surface area contributed by atoms with Gasteiger partial charge in [0.1, 0.15) is 5.76 Å². The van der Waals surface area contributed by atoms with Crippen LogP contribution < -0.4 is 5.32 Å². The molecule has 2 heteroatoms. The number of hydrogen-bond donors (Lipinski definition) is 1. The maximum absolute atomic E-state index is 5.38. The minimum atomic E-state index is 0.343. The van der Waals surface area contributed by atoms with Gasteiger partial charge in [-0.15, -0.1) is 0 Å². The van der Waals surface area contributed by atoms with Crippen molar-refractivity contribution in [2.75, 3.05) is 0 Å². The maximum atomic E-state index is 5.38. The summed E-state index contributed by atoms with van der Waals surface area (Å²) in [6, 6.07) is 5.01. The molecule has 0 spiro atoms. The third kappa shape index (κ3) is 2.18. The molecule has 0 aromatic carbocycles. The third-order valence-corrected chi connectivity index (χ3v) is 3.06. The molecule has 2 nitrogen and oxygen atoms in total. The van der Waals surface area contributed by atoms with E-state index in [1.165, 1.54) is 19.3 Å². The van der Waals surface area contributed by atoms with Crippen molar-refractivity contribution in [1.82, 2.24) is 5.32 Å². The van der Waals surface area contributed by atoms with Crippen molar-refractivity contribution in [3.8, 4) is 0 Å². The zero-order chi connectivity index (χ0) is 9.97. The van der Waals surface area contributed by atoms with Gasteiger partial charge in [-0.05, 0) is 44.2 Å². The van der Waals surface area contributed by atoms with Gasteiger partial charge in [0.05, 0.1) is 12.3 Å². The Morgan fingerprint density at radius 3 is 2.86 bits per heavy atom. The highest BCUT2D eigenvalue weighted by Gasteiger charge is 2.30. The van der Waals surface area contributed by atoms with Crippen LogP contribution in [0.1, 0.15) is 44.9 Å². The van der Waals surface area contributed by atoms with Crippen molar-refractivity contribution >= 4 is 0 Å². The van der Waals surface area contributed by atoms with Gasteiger partial charge in [-0.25, -0.2) is 0 Å². The van der Waals surface area contributed by atoms with E-state index in [4.69, 9.17) is 4.42 Å². The Morgan fingerprint density at radius 2 is 2.36 bits per heavy atom. The van der Waals surface area contributed by atoms with Crippen LogP contribution >= 0.6 is 0 Å². The molecular formula is C12H19NO. The fraction of sp³-hybridized carbons (Fsp3) is 0.667. The first-order valence-corrected chi connectivity index (χ1v) is 5.60. The van der Waals surface area contributed by atoms with E-state index in [1.807, 2.05) is 12.1 Å². The minimum absolute atomic E-state index is 0.343. The molecule has 1 aliphatic carbocycles. The van der Waals surface area contributed by atoms with Gasteiger partial charge >= 0.3 is 0 Å². The zero-order valence-electron chi connectivity index (χ0n) is 8.99. The van der Waals surface area contributed by atoms with Crippen LogP contribution in [0.25, 0.3) is 0 Å². The van der Waals surface area contributed by atoms with Crippen molar-refractivity contribution in [2.24, 2.45) is 5.92 Å². The lowest BCUT2D eigenvalue weighted by molar-refractivity contribution is 0.360. The molecule has 1 aromatic heterocycles. The van der Waals surface area contributed by atoms with E-state index in [1.54, 1.807) is 6.26 Å². The molecule has 0 radical (unpaired) electrons. The summed E-state index contributed by atoms with van der Waals surface area (Å²) in [5, 5.41) is 3.64. The minimum Gasteiger partial charge on any atom is -0.468 e. The summed E-state index contributed by atoms with van der Waals surface area (Å²) in [6.07, 6.45) is 5.76. The molecule has 1 saturated carbocycles. The van der Waals surface area contributed by atoms with Crippen LogP contribution in [0.5, 0.6) is 0 Å². The lowest BCUT2D eigenvalue weighted by atomic mass is 10.1. The lowest BCUT2D eigenvalue weighted by Crippen LogP contribution is -2.32. The maximum Gasteiger partial charge on any atom is 0.120 e. The molecule has 0 saturated heterocycles. The number of furan rings is 1. The SMILES string of the molecule is CCC(NC(C)c1ccco1)C1CC1. The van der Waals surface area contributed by atoms with Gasteiger partial charge in [-0.2, -0.15) is 0 Å². The van der Waals surface area contributed by atoms with Crippen LogP contribution in [0.3, 0.4) is 0 Å². The number of hydrogen-bond acceptors (Lipinski definition) is 2. The van der Waals surface area contributed by atoms with Crippen LogP contribution in [-0.2, 0) is 0 Å². The molecule has 1 fully saturated rings. The highest BCUT2D eigenvalue weighted by atomic mass is 16.3. The van der Waals surface area contributed by atoms with Gasteiger partial charge < -0.3 is 9.73 Å². The first-order valence-electron chi connectivity index (χ1n) is 5.60. The Bertz CT molecular complexity index is 264. The Hall–Kier alpha value is -0.760. The number of rotatable bonds is 5. The largest absolute Gasteiger partial charge is 0.468 e. The predicted molar refractivity (Wildman–Crippen MR) is 57.1 cm³/mol. The Morgan fingerprint density at radius 1 is 1.57 bits per heavy atom. The molecule has 2 rings (SSSR count). The summed E-state index contributed by atoms with van der Waals surface area (Å²) < 4.78 is 5.38. The molecule has 1 heterocycles. The molecule has 14 heavy (non-hydrogen) atoms. The fourth-order valence-electron chi connectivity index (χ4n) is 2.03. The van der Waals surface area contributed by atoms with Gasteiger partial charge in [-0.1, -0.05) is 6.92 Å². The third-order valence-electron chi connectivity index (χ3n) is 3.06. The highest BCUT2D eigenvalue weighted by molar-refractivity contribution is 5.04. The molecule has 2 atom stereocenters. The van der Waals surface area contributed by atoms with Gasteiger partial charge in [0.2, 0.25) is 0 Å². The van der Waals surface area contributed by atoms with Crippen LogP contribution in [-0.4, -0.2) is 6.04 Å². The van der Waals surface area contributed by atoms with Crippen molar-refractivity contribution in [1.29, 1.82) is 0 Å². The Balaban J connectivity index is 1.89. The van der Waals surface area contributed by atoms with Crippen molar-refractivity contribution in [3.63, 3.8) is 0 Å². The predicted octanol–water partition coefficient (Wildman–Crippen LogP) is 3.12. The molecule has 0 bridgehead atoms. The van der Waals surface area contributed by atoms with E-state index in [0.717, 1.165) is 11.7 Å². The second-order valence-corrected chi connectivity index (χ2v) is 4.26. The van der Waals surface area contributed by atoms with Crippen LogP contribution in [0, 0.1) is 5.92 Å².